The molecule has 2 amide bonds. The maximum absolute atomic E-state index is 12.4. The molecule has 3 rings (SSSR count). The average Bonchev–Trinajstić information content (AvgIpc) is 3.31. The Hall–Kier alpha value is -1.88. The number of likely N-dealkylation sites (N-methyl/N-ethyl adjacent to an activating group) is 1. The molecule has 21 heavy (non-hydrogen) atoms. The van der Waals surface area contributed by atoms with E-state index in [9.17, 15) is 9.59 Å². The van der Waals surface area contributed by atoms with Crippen LogP contribution in [0.1, 0.15) is 33.6 Å². The molecule has 5 nitrogen and oxygen atoms in total. The van der Waals surface area contributed by atoms with Gasteiger partial charge in [-0.05, 0) is 44.2 Å². The number of carbonyl (C=O) groups excluding carboxylic acids is 2. The van der Waals surface area contributed by atoms with Crippen LogP contribution >= 0.6 is 0 Å². The summed E-state index contributed by atoms with van der Waals surface area (Å²) in [4.78, 5) is 28.4. The minimum Gasteiger partial charge on any atom is -0.349 e. The molecular weight excluding hydrogens is 266 g/mol. The molecule has 1 N–H and O–H groups in total. The van der Waals surface area contributed by atoms with Crippen LogP contribution in [0, 0.1) is 0 Å². The molecule has 0 bridgehead atoms. The number of benzene rings is 1. The second kappa shape index (κ2) is 5.85. The summed E-state index contributed by atoms with van der Waals surface area (Å²) in [6.45, 7) is 3.35. The zero-order valence-electron chi connectivity index (χ0n) is 12.3. The van der Waals surface area contributed by atoms with E-state index in [1.165, 1.54) is 0 Å². The van der Waals surface area contributed by atoms with Gasteiger partial charge in [-0.1, -0.05) is 0 Å². The Labute approximate surface area is 124 Å². The summed E-state index contributed by atoms with van der Waals surface area (Å²) in [6, 6.07) is 7.33. The zero-order valence-corrected chi connectivity index (χ0v) is 12.3. The van der Waals surface area contributed by atoms with Crippen LogP contribution in [0.25, 0.3) is 0 Å². The molecule has 0 aromatic heterocycles. The third-order valence-corrected chi connectivity index (χ3v) is 4.10. The van der Waals surface area contributed by atoms with E-state index >= 15 is 0 Å². The molecule has 5 heteroatoms. The number of hydrogen-bond donors (Lipinski definition) is 1. The standard InChI is InChI=1S/C16H21N3O2/c1-18-8-10-19(11-9-18)16(21)13-4-2-12(3-5-13)15(20)17-14-6-7-14/h2-5,14H,6-11H2,1H3,(H,17,20). The highest BCUT2D eigenvalue weighted by molar-refractivity contribution is 5.98. The van der Waals surface area contributed by atoms with Crippen LogP contribution < -0.4 is 5.32 Å². The fraction of sp³-hybridized carbons (Fsp3) is 0.500. The third-order valence-electron chi connectivity index (χ3n) is 4.10. The van der Waals surface area contributed by atoms with Crippen molar-refractivity contribution in [2.24, 2.45) is 0 Å². The molecule has 2 fully saturated rings. The Morgan fingerprint density at radius 1 is 1.00 bits per heavy atom. The number of nitrogens with one attached hydrogen (secondary N) is 1. The van der Waals surface area contributed by atoms with Crippen LogP contribution in [0.5, 0.6) is 0 Å². The van der Waals surface area contributed by atoms with Crippen LogP contribution in [-0.4, -0.2) is 60.9 Å². The van der Waals surface area contributed by atoms with Crippen molar-refractivity contribution in [3.63, 3.8) is 0 Å². The van der Waals surface area contributed by atoms with Gasteiger partial charge >= 0.3 is 0 Å². The van der Waals surface area contributed by atoms with Crippen LogP contribution in [0.2, 0.25) is 0 Å². The molecule has 1 heterocycles. The number of rotatable bonds is 3. The zero-order chi connectivity index (χ0) is 14.8. The van der Waals surface area contributed by atoms with Gasteiger partial charge in [0.15, 0.2) is 0 Å². The predicted octanol–water partition coefficient (Wildman–Crippen LogP) is 0.966. The molecule has 1 aromatic rings. The Morgan fingerprint density at radius 2 is 1.57 bits per heavy atom. The Kier molecular flexibility index (Phi) is 3.92. The summed E-state index contributed by atoms with van der Waals surface area (Å²) in [7, 11) is 2.06. The van der Waals surface area contributed by atoms with Crippen molar-refractivity contribution in [2.75, 3.05) is 33.2 Å². The van der Waals surface area contributed by atoms with Gasteiger partial charge in [-0.15, -0.1) is 0 Å². The number of piperazine rings is 1. The van der Waals surface area contributed by atoms with Crippen molar-refractivity contribution in [3.8, 4) is 0 Å². The summed E-state index contributed by atoms with van der Waals surface area (Å²) in [5.74, 6) is 0.00773. The highest BCUT2D eigenvalue weighted by Gasteiger charge is 2.24. The van der Waals surface area contributed by atoms with Gasteiger partial charge in [-0.2, -0.15) is 0 Å². The minimum atomic E-state index is -0.0453. The van der Waals surface area contributed by atoms with Crippen LogP contribution in [-0.2, 0) is 0 Å². The third kappa shape index (κ3) is 3.42. The van der Waals surface area contributed by atoms with Gasteiger partial charge in [-0.3, -0.25) is 9.59 Å². The fourth-order valence-corrected chi connectivity index (χ4v) is 2.45. The summed E-state index contributed by atoms with van der Waals surface area (Å²) in [6.07, 6.45) is 2.15. The minimum absolute atomic E-state index is 0.0453. The first-order valence-electron chi connectivity index (χ1n) is 7.52. The lowest BCUT2D eigenvalue weighted by Crippen LogP contribution is -2.47. The van der Waals surface area contributed by atoms with Crippen molar-refractivity contribution >= 4 is 11.8 Å². The maximum Gasteiger partial charge on any atom is 0.253 e. The van der Waals surface area contributed by atoms with Gasteiger partial charge in [0, 0.05) is 43.3 Å². The van der Waals surface area contributed by atoms with Gasteiger partial charge in [0.25, 0.3) is 11.8 Å². The number of hydrogen-bond acceptors (Lipinski definition) is 3. The van der Waals surface area contributed by atoms with Crippen LogP contribution in [0.4, 0.5) is 0 Å². The molecule has 0 atom stereocenters. The maximum atomic E-state index is 12.4. The average molecular weight is 287 g/mol. The second-order valence-corrected chi connectivity index (χ2v) is 5.92. The highest BCUT2D eigenvalue weighted by Crippen LogP contribution is 2.19. The van der Waals surface area contributed by atoms with Crippen LogP contribution in [0.15, 0.2) is 24.3 Å². The van der Waals surface area contributed by atoms with Crippen molar-refractivity contribution in [3.05, 3.63) is 35.4 Å². The first kappa shape index (κ1) is 14.1. The van der Waals surface area contributed by atoms with E-state index in [2.05, 4.69) is 17.3 Å². The Morgan fingerprint density at radius 3 is 2.14 bits per heavy atom. The fourth-order valence-electron chi connectivity index (χ4n) is 2.45. The molecule has 1 saturated carbocycles. The van der Waals surface area contributed by atoms with Crippen LogP contribution in [0.3, 0.4) is 0 Å². The van der Waals surface area contributed by atoms with E-state index < -0.39 is 0 Å². The highest BCUT2D eigenvalue weighted by atomic mass is 16.2. The molecule has 1 aliphatic carbocycles. The largest absolute Gasteiger partial charge is 0.349 e. The lowest BCUT2D eigenvalue weighted by molar-refractivity contribution is 0.0663. The van der Waals surface area contributed by atoms with E-state index in [4.69, 9.17) is 0 Å². The van der Waals surface area contributed by atoms with E-state index in [1.54, 1.807) is 24.3 Å². The molecule has 0 spiro atoms. The smallest absolute Gasteiger partial charge is 0.253 e. The molecule has 1 aromatic carbocycles. The van der Waals surface area contributed by atoms with Crippen molar-refractivity contribution in [1.29, 1.82) is 0 Å². The first-order chi connectivity index (χ1) is 10.1. The summed E-state index contributed by atoms with van der Waals surface area (Å²) in [5, 5.41) is 2.95. The van der Waals surface area contributed by atoms with E-state index in [1.807, 2.05) is 4.90 Å². The number of carbonyl (C=O) groups is 2. The van der Waals surface area contributed by atoms with E-state index in [0.717, 1.165) is 39.0 Å². The second-order valence-electron chi connectivity index (χ2n) is 5.92. The van der Waals surface area contributed by atoms with E-state index in [0.29, 0.717) is 17.2 Å². The molecular formula is C16H21N3O2. The Balaban J connectivity index is 1.62. The Bertz CT molecular complexity index is 529. The summed E-state index contributed by atoms with van der Waals surface area (Å²) < 4.78 is 0. The topological polar surface area (TPSA) is 52.7 Å². The normalized spacial score (nSPS) is 19.4. The summed E-state index contributed by atoms with van der Waals surface area (Å²) >= 11 is 0. The molecule has 0 radical (unpaired) electrons. The van der Waals surface area contributed by atoms with Gasteiger partial charge in [0.05, 0.1) is 0 Å². The molecule has 112 valence electrons. The number of nitrogens with zero attached hydrogens (tertiary/aromatic N) is 2. The van der Waals surface area contributed by atoms with E-state index in [-0.39, 0.29) is 11.8 Å². The molecule has 2 aliphatic rings. The monoisotopic (exact) mass is 287 g/mol. The first-order valence-corrected chi connectivity index (χ1v) is 7.52. The quantitative estimate of drug-likeness (QED) is 0.901. The lowest BCUT2D eigenvalue weighted by atomic mass is 10.1. The number of amides is 2. The van der Waals surface area contributed by atoms with Gasteiger partial charge in [-0.25, -0.2) is 0 Å². The molecule has 1 saturated heterocycles. The van der Waals surface area contributed by atoms with Gasteiger partial charge in [0.2, 0.25) is 0 Å². The van der Waals surface area contributed by atoms with Crippen molar-refractivity contribution in [2.45, 2.75) is 18.9 Å². The predicted molar refractivity (Wildman–Crippen MR) is 80.3 cm³/mol. The molecule has 1 aliphatic heterocycles. The summed E-state index contributed by atoms with van der Waals surface area (Å²) in [5.41, 5.74) is 1.28. The SMILES string of the molecule is CN1CCN(C(=O)c2ccc(C(=O)NC3CC3)cc2)CC1. The lowest BCUT2D eigenvalue weighted by Gasteiger charge is -2.32. The van der Waals surface area contributed by atoms with Crippen molar-refractivity contribution in [1.82, 2.24) is 15.1 Å². The van der Waals surface area contributed by atoms with Gasteiger partial charge in [0.1, 0.15) is 0 Å². The van der Waals surface area contributed by atoms with Crippen molar-refractivity contribution < 1.29 is 9.59 Å². The van der Waals surface area contributed by atoms with Gasteiger partial charge < -0.3 is 15.1 Å². The molecule has 0 unspecified atom stereocenters.